The molecule has 10 nitrogen and oxygen atoms in total. The van der Waals surface area contributed by atoms with Gasteiger partial charge in [-0.25, -0.2) is 8.42 Å². The first-order valence-electron chi connectivity index (χ1n) is 12.5. The van der Waals surface area contributed by atoms with Crippen molar-refractivity contribution in [1.29, 1.82) is 0 Å². The van der Waals surface area contributed by atoms with E-state index in [1.54, 1.807) is 37.3 Å². The van der Waals surface area contributed by atoms with Crippen molar-refractivity contribution in [2.45, 2.75) is 38.3 Å². The summed E-state index contributed by atoms with van der Waals surface area (Å²) >= 11 is 6.14. The SMILES string of the molecule is CC(C)CNC(=O)[C@@H](C)N(Cc1cccc(Cl)c1)C(=O)CN(c1cccc([N+](=O)[O-])c1)S(=O)(=O)c1ccccc1. The highest BCUT2D eigenvalue weighted by Gasteiger charge is 2.33. The molecule has 0 saturated heterocycles. The van der Waals surface area contributed by atoms with Crippen LogP contribution in [0.5, 0.6) is 0 Å². The first-order valence-corrected chi connectivity index (χ1v) is 14.4. The summed E-state index contributed by atoms with van der Waals surface area (Å²) in [5.74, 6) is -0.913. The van der Waals surface area contributed by atoms with Crippen molar-refractivity contribution in [2.24, 2.45) is 5.92 Å². The van der Waals surface area contributed by atoms with Crippen LogP contribution in [0.15, 0.2) is 83.8 Å². The van der Waals surface area contributed by atoms with E-state index in [1.807, 2.05) is 13.8 Å². The summed E-state index contributed by atoms with van der Waals surface area (Å²) in [6, 6.07) is 18.3. The van der Waals surface area contributed by atoms with Gasteiger partial charge in [-0.2, -0.15) is 0 Å². The second-order valence-electron chi connectivity index (χ2n) is 9.57. The maximum absolute atomic E-state index is 13.9. The Hall–Kier alpha value is -3.96. The van der Waals surface area contributed by atoms with Crippen molar-refractivity contribution < 1.29 is 22.9 Å². The third-order valence-corrected chi connectivity index (χ3v) is 8.06. The molecule has 1 atom stereocenters. The second-order valence-corrected chi connectivity index (χ2v) is 11.9. The largest absolute Gasteiger partial charge is 0.354 e. The predicted molar refractivity (Wildman–Crippen MR) is 153 cm³/mol. The van der Waals surface area contributed by atoms with Crippen LogP contribution in [0.25, 0.3) is 0 Å². The van der Waals surface area contributed by atoms with Gasteiger partial charge in [0.05, 0.1) is 15.5 Å². The van der Waals surface area contributed by atoms with Crippen LogP contribution < -0.4 is 9.62 Å². The minimum absolute atomic E-state index is 0.0240. The summed E-state index contributed by atoms with van der Waals surface area (Å²) in [7, 11) is -4.33. The third kappa shape index (κ3) is 7.80. The molecule has 3 aromatic carbocycles. The zero-order chi connectivity index (χ0) is 29.4. The average Bonchev–Trinajstić information content (AvgIpc) is 2.93. The Labute approximate surface area is 238 Å². The molecule has 1 N–H and O–H groups in total. The van der Waals surface area contributed by atoms with Gasteiger partial charge in [0.2, 0.25) is 11.8 Å². The van der Waals surface area contributed by atoms with E-state index in [0.717, 1.165) is 10.4 Å². The Morgan fingerprint density at radius 2 is 1.65 bits per heavy atom. The number of rotatable bonds is 12. The number of nitrogens with zero attached hydrogens (tertiary/aromatic N) is 3. The molecule has 0 bridgehead atoms. The lowest BCUT2D eigenvalue weighted by molar-refractivity contribution is -0.384. The zero-order valence-corrected chi connectivity index (χ0v) is 23.9. The van der Waals surface area contributed by atoms with Crippen LogP contribution in [0.1, 0.15) is 26.3 Å². The molecule has 212 valence electrons. The van der Waals surface area contributed by atoms with Crippen LogP contribution in [0.2, 0.25) is 5.02 Å². The quantitative estimate of drug-likeness (QED) is 0.243. The van der Waals surface area contributed by atoms with Crippen LogP contribution >= 0.6 is 11.6 Å². The highest BCUT2D eigenvalue weighted by Crippen LogP contribution is 2.27. The fourth-order valence-electron chi connectivity index (χ4n) is 3.88. The Kier molecular flexibility index (Phi) is 10.2. The first kappa shape index (κ1) is 30.6. The van der Waals surface area contributed by atoms with Crippen molar-refractivity contribution in [1.82, 2.24) is 10.2 Å². The molecule has 0 spiro atoms. The van der Waals surface area contributed by atoms with E-state index in [0.29, 0.717) is 17.1 Å². The number of hydrogen-bond acceptors (Lipinski definition) is 6. The number of anilines is 1. The third-order valence-electron chi connectivity index (χ3n) is 6.03. The van der Waals surface area contributed by atoms with Gasteiger partial charge in [-0.1, -0.05) is 61.8 Å². The van der Waals surface area contributed by atoms with Gasteiger partial charge in [0.1, 0.15) is 12.6 Å². The van der Waals surface area contributed by atoms with Crippen molar-refractivity contribution in [3.63, 3.8) is 0 Å². The molecule has 40 heavy (non-hydrogen) atoms. The van der Waals surface area contributed by atoms with Crippen molar-refractivity contribution in [2.75, 3.05) is 17.4 Å². The first-order chi connectivity index (χ1) is 18.9. The summed E-state index contributed by atoms with van der Waals surface area (Å²) in [6.07, 6.45) is 0. The number of carbonyl (C=O) groups excluding carboxylic acids is 2. The molecule has 0 heterocycles. The molecule has 12 heteroatoms. The minimum Gasteiger partial charge on any atom is -0.354 e. The van der Waals surface area contributed by atoms with Crippen LogP contribution in [0.4, 0.5) is 11.4 Å². The van der Waals surface area contributed by atoms with Crippen molar-refractivity contribution >= 4 is 44.8 Å². The number of hydrogen-bond donors (Lipinski definition) is 1. The van der Waals surface area contributed by atoms with Gasteiger partial charge >= 0.3 is 0 Å². The van der Waals surface area contributed by atoms with Gasteiger partial charge in [-0.15, -0.1) is 0 Å². The molecule has 0 fully saturated rings. The molecule has 0 aromatic heterocycles. The number of sulfonamides is 1. The number of nitrogens with one attached hydrogen (secondary N) is 1. The summed E-state index contributed by atoms with van der Waals surface area (Å²) in [6.45, 7) is 5.09. The average molecular weight is 587 g/mol. The summed E-state index contributed by atoms with van der Waals surface area (Å²) in [5, 5.41) is 14.7. The molecular weight excluding hydrogens is 556 g/mol. The summed E-state index contributed by atoms with van der Waals surface area (Å²) < 4.78 is 28.3. The molecule has 0 radical (unpaired) electrons. The second kappa shape index (κ2) is 13.4. The molecule has 0 aliphatic rings. The van der Waals surface area contributed by atoms with Gasteiger partial charge in [-0.3, -0.25) is 24.0 Å². The lowest BCUT2D eigenvalue weighted by atomic mass is 10.1. The van der Waals surface area contributed by atoms with E-state index in [2.05, 4.69) is 5.32 Å². The molecule has 0 aliphatic heterocycles. The number of halogens is 1. The summed E-state index contributed by atoms with van der Waals surface area (Å²) in [4.78, 5) is 38.8. The molecule has 2 amide bonds. The van der Waals surface area contributed by atoms with E-state index >= 15 is 0 Å². The minimum atomic E-state index is -4.33. The van der Waals surface area contributed by atoms with Gasteiger partial charge < -0.3 is 10.2 Å². The number of amides is 2. The zero-order valence-electron chi connectivity index (χ0n) is 22.4. The van der Waals surface area contributed by atoms with Crippen LogP contribution in [0.3, 0.4) is 0 Å². The Bertz CT molecular complexity index is 1470. The highest BCUT2D eigenvalue weighted by atomic mass is 35.5. The normalized spacial score (nSPS) is 12.0. The molecular formula is C28H31ClN4O6S. The van der Waals surface area contributed by atoms with E-state index in [9.17, 15) is 28.1 Å². The number of non-ortho nitro benzene ring substituents is 1. The standard InChI is InChI=1S/C28H31ClN4O6S/c1-20(2)17-30-28(35)21(3)31(18-22-9-7-10-23(29)15-22)27(34)19-32(24-11-8-12-25(16-24)33(36)37)40(38,39)26-13-5-4-6-14-26/h4-16,20-21H,17-19H2,1-3H3,(H,30,35)/t21-/m1/s1. The fourth-order valence-corrected chi connectivity index (χ4v) is 5.52. The fraction of sp³-hybridized carbons (Fsp3) is 0.286. The molecule has 0 saturated carbocycles. The smallest absolute Gasteiger partial charge is 0.271 e. The maximum Gasteiger partial charge on any atom is 0.271 e. The topological polar surface area (TPSA) is 130 Å². The number of carbonyl (C=O) groups is 2. The van der Waals surface area contributed by atoms with E-state index in [-0.39, 0.29) is 28.7 Å². The number of nitro groups is 1. The van der Waals surface area contributed by atoms with E-state index in [4.69, 9.17) is 11.6 Å². The van der Waals surface area contributed by atoms with Crippen molar-refractivity contribution in [3.8, 4) is 0 Å². The monoisotopic (exact) mass is 586 g/mol. The number of nitro benzene ring substituents is 1. The molecule has 3 aromatic rings. The van der Waals surface area contributed by atoms with Gasteiger partial charge in [0, 0.05) is 30.2 Å². The summed E-state index contributed by atoms with van der Waals surface area (Å²) in [5.41, 5.74) is 0.235. The molecule has 3 rings (SSSR count). The maximum atomic E-state index is 13.9. The van der Waals surface area contributed by atoms with E-state index < -0.39 is 39.3 Å². The molecule has 0 aliphatic carbocycles. The lowest BCUT2D eigenvalue weighted by Crippen LogP contribution is -2.51. The van der Waals surface area contributed by atoms with Crippen LogP contribution in [-0.4, -0.2) is 49.2 Å². The Morgan fingerprint density at radius 1 is 0.975 bits per heavy atom. The van der Waals surface area contributed by atoms with E-state index in [1.165, 1.54) is 47.4 Å². The van der Waals surface area contributed by atoms with Crippen molar-refractivity contribution in [3.05, 3.63) is 99.6 Å². The van der Waals surface area contributed by atoms with Crippen LogP contribution in [0, 0.1) is 16.0 Å². The lowest BCUT2D eigenvalue weighted by Gasteiger charge is -2.32. The Balaban J connectivity index is 2.05. The van der Waals surface area contributed by atoms with Gasteiger partial charge in [0.25, 0.3) is 15.7 Å². The number of benzene rings is 3. The van der Waals surface area contributed by atoms with Crippen LogP contribution in [-0.2, 0) is 26.2 Å². The Morgan fingerprint density at radius 3 is 2.27 bits per heavy atom. The highest BCUT2D eigenvalue weighted by molar-refractivity contribution is 7.92. The van der Waals surface area contributed by atoms with Gasteiger partial charge in [0.15, 0.2) is 0 Å². The van der Waals surface area contributed by atoms with Gasteiger partial charge in [-0.05, 0) is 48.7 Å². The predicted octanol–water partition coefficient (Wildman–Crippen LogP) is 4.63. The molecule has 0 unspecified atom stereocenters.